The van der Waals surface area contributed by atoms with Gasteiger partial charge in [0.05, 0.1) is 16.6 Å². The summed E-state index contributed by atoms with van der Waals surface area (Å²) in [5, 5.41) is 9.02. The number of H-pyrrole nitrogens is 1. The molecular formula is C15H12N2O3. The van der Waals surface area contributed by atoms with Crippen LogP contribution in [0.1, 0.15) is 10.4 Å². The molecule has 0 aliphatic heterocycles. The van der Waals surface area contributed by atoms with Gasteiger partial charge in [-0.25, -0.2) is 9.59 Å². The van der Waals surface area contributed by atoms with Gasteiger partial charge in [0.2, 0.25) is 0 Å². The monoisotopic (exact) mass is 268 g/mol. The van der Waals surface area contributed by atoms with Crippen LogP contribution in [-0.2, 0) is 7.05 Å². The number of hydrogen-bond acceptors (Lipinski definition) is 2. The van der Waals surface area contributed by atoms with Crippen LogP contribution in [0.3, 0.4) is 0 Å². The molecule has 0 aliphatic carbocycles. The Morgan fingerprint density at radius 3 is 2.65 bits per heavy atom. The number of nitrogens with one attached hydrogen (secondary N) is 1. The number of nitrogens with zero attached hydrogens (tertiary/aromatic N) is 1. The molecule has 0 radical (unpaired) electrons. The van der Waals surface area contributed by atoms with Gasteiger partial charge < -0.3 is 10.1 Å². The van der Waals surface area contributed by atoms with E-state index < -0.39 is 5.97 Å². The van der Waals surface area contributed by atoms with Crippen molar-refractivity contribution >= 4 is 17.0 Å². The number of hydrogen-bond donors (Lipinski definition) is 2. The maximum atomic E-state index is 11.6. The number of benzene rings is 2. The molecule has 3 aromatic rings. The second kappa shape index (κ2) is 4.38. The van der Waals surface area contributed by atoms with Gasteiger partial charge in [-0.1, -0.05) is 18.2 Å². The molecule has 0 spiro atoms. The molecule has 5 nitrogen and oxygen atoms in total. The fraction of sp³-hybridized carbons (Fsp3) is 0.0667. The molecule has 0 bridgehead atoms. The van der Waals surface area contributed by atoms with Crippen molar-refractivity contribution in [2.75, 3.05) is 0 Å². The highest BCUT2D eigenvalue weighted by molar-refractivity contribution is 5.90. The third-order valence-electron chi connectivity index (χ3n) is 3.35. The Hall–Kier alpha value is -2.82. The predicted molar refractivity (Wildman–Crippen MR) is 75.9 cm³/mol. The Morgan fingerprint density at radius 2 is 1.90 bits per heavy atom. The third-order valence-corrected chi connectivity index (χ3v) is 3.35. The zero-order valence-electron chi connectivity index (χ0n) is 10.8. The lowest BCUT2D eigenvalue weighted by Crippen LogP contribution is -2.11. The lowest BCUT2D eigenvalue weighted by Gasteiger charge is -2.04. The maximum absolute atomic E-state index is 11.6. The Balaban J connectivity index is 2.19. The van der Waals surface area contributed by atoms with Crippen molar-refractivity contribution < 1.29 is 9.90 Å². The summed E-state index contributed by atoms with van der Waals surface area (Å²) in [7, 11) is 1.69. The number of aromatic nitrogens is 2. The van der Waals surface area contributed by atoms with Crippen LogP contribution in [-0.4, -0.2) is 20.6 Å². The van der Waals surface area contributed by atoms with E-state index in [9.17, 15) is 9.59 Å². The molecule has 0 fully saturated rings. The first-order valence-corrected chi connectivity index (χ1v) is 6.09. The number of aromatic carboxylic acids is 1. The molecule has 1 aromatic heterocycles. The lowest BCUT2D eigenvalue weighted by atomic mass is 10.0. The molecule has 0 amide bonds. The standard InChI is InChI=1S/C15H12N2O3/c1-17-13-8-10(5-6-12(13)16-15(17)20)9-3-2-4-11(7-9)14(18)19/h2-8H,1H3,(H,16,20)(H,18,19). The van der Waals surface area contributed by atoms with Gasteiger partial charge >= 0.3 is 11.7 Å². The van der Waals surface area contributed by atoms with E-state index in [1.165, 1.54) is 4.57 Å². The van der Waals surface area contributed by atoms with E-state index in [0.717, 1.165) is 22.2 Å². The molecule has 0 unspecified atom stereocenters. The average molecular weight is 268 g/mol. The minimum Gasteiger partial charge on any atom is -0.478 e. The van der Waals surface area contributed by atoms with Gasteiger partial charge in [-0.3, -0.25) is 4.57 Å². The molecular weight excluding hydrogens is 256 g/mol. The van der Waals surface area contributed by atoms with Crippen molar-refractivity contribution in [1.29, 1.82) is 0 Å². The van der Waals surface area contributed by atoms with Crippen molar-refractivity contribution in [1.82, 2.24) is 9.55 Å². The molecule has 2 N–H and O–H groups in total. The quantitative estimate of drug-likeness (QED) is 0.748. The smallest absolute Gasteiger partial charge is 0.335 e. The topological polar surface area (TPSA) is 75.1 Å². The van der Waals surface area contributed by atoms with Crippen LogP contribution < -0.4 is 5.69 Å². The van der Waals surface area contributed by atoms with Crippen LogP contribution in [0.4, 0.5) is 0 Å². The molecule has 1 heterocycles. The number of aromatic amines is 1. The third kappa shape index (κ3) is 1.89. The van der Waals surface area contributed by atoms with Crippen LogP contribution in [0.15, 0.2) is 47.3 Å². The van der Waals surface area contributed by atoms with Gasteiger partial charge in [0.25, 0.3) is 0 Å². The van der Waals surface area contributed by atoms with Gasteiger partial charge in [-0.2, -0.15) is 0 Å². The highest BCUT2D eigenvalue weighted by Crippen LogP contribution is 2.23. The normalized spacial score (nSPS) is 10.8. The van der Waals surface area contributed by atoms with Crippen LogP contribution in [0.25, 0.3) is 22.2 Å². The largest absolute Gasteiger partial charge is 0.478 e. The van der Waals surface area contributed by atoms with E-state index in [2.05, 4.69) is 4.98 Å². The first kappa shape index (κ1) is 12.2. The van der Waals surface area contributed by atoms with E-state index in [1.807, 2.05) is 24.3 Å². The maximum Gasteiger partial charge on any atom is 0.335 e. The van der Waals surface area contributed by atoms with Crippen LogP contribution >= 0.6 is 0 Å². The van der Waals surface area contributed by atoms with Crippen molar-refractivity contribution in [2.45, 2.75) is 0 Å². The molecule has 20 heavy (non-hydrogen) atoms. The molecule has 0 atom stereocenters. The minimum atomic E-state index is -0.957. The summed E-state index contributed by atoms with van der Waals surface area (Å²) in [6.07, 6.45) is 0. The predicted octanol–water partition coefficient (Wildman–Crippen LogP) is 2.23. The number of aryl methyl sites for hydroxylation is 1. The first-order valence-electron chi connectivity index (χ1n) is 6.09. The van der Waals surface area contributed by atoms with Gasteiger partial charge in [-0.05, 0) is 35.4 Å². The van der Waals surface area contributed by atoms with Crippen molar-refractivity contribution in [3.8, 4) is 11.1 Å². The van der Waals surface area contributed by atoms with Gasteiger partial charge in [0, 0.05) is 7.05 Å². The fourth-order valence-corrected chi connectivity index (χ4v) is 2.23. The zero-order chi connectivity index (χ0) is 14.3. The van der Waals surface area contributed by atoms with E-state index in [1.54, 1.807) is 25.2 Å². The number of carboxylic acid groups (broad SMARTS) is 1. The number of fused-ring (bicyclic) bond motifs is 1. The Kier molecular flexibility index (Phi) is 2.68. The van der Waals surface area contributed by atoms with Crippen molar-refractivity contribution in [3.63, 3.8) is 0 Å². The first-order chi connectivity index (χ1) is 9.56. The van der Waals surface area contributed by atoms with E-state index in [4.69, 9.17) is 5.11 Å². The van der Waals surface area contributed by atoms with Crippen LogP contribution in [0.2, 0.25) is 0 Å². The molecule has 0 saturated carbocycles. The Labute approximate surface area is 114 Å². The number of imidazole rings is 1. The zero-order valence-corrected chi connectivity index (χ0v) is 10.8. The Bertz CT molecular complexity index is 874. The fourth-order valence-electron chi connectivity index (χ4n) is 2.23. The second-order valence-corrected chi connectivity index (χ2v) is 4.61. The summed E-state index contributed by atoms with van der Waals surface area (Å²) in [5.74, 6) is -0.957. The summed E-state index contributed by atoms with van der Waals surface area (Å²) >= 11 is 0. The van der Waals surface area contributed by atoms with E-state index in [-0.39, 0.29) is 11.3 Å². The van der Waals surface area contributed by atoms with Crippen molar-refractivity contribution in [2.24, 2.45) is 7.05 Å². The van der Waals surface area contributed by atoms with Gasteiger partial charge in [-0.15, -0.1) is 0 Å². The average Bonchev–Trinajstić information content (AvgIpc) is 2.74. The summed E-state index contributed by atoms with van der Waals surface area (Å²) in [4.78, 5) is 25.3. The number of carbonyl (C=O) groups is 1. The lowest BCUT2D eigenvalue weighted by molar-refractivity contribution is 0.0697. The highest BCUT2D eigenvalue weighted by Gasteiger charge is 2.07. The minimum absolute atomic E-state index is 0.170. The van der Waals surface area contributed by atoms with Gasteiger partial charge in [0.15, 0.2) is 0 Å². The number of carboxylic acids is 1. The van der Waals surface area contributed by atoms with Crippen LogP contribution in [0.5, 0.6) is 0 Å². The molecule has 2 aromatic carbocycles. The molecule has 0 aliphatic rings. The van der Waals surface area contributed by atoms with E-state index in [0.29, 0.717) is 0 Å². The summed E-state index contributed by atoms with van der Waals surface area (Å²) in [5.41, 5.74) is 3.29. The summed E-state index contributed by atoms with van der Waals surface area (Å²) < 4.78 is 1.53. The molecule has 3 rings (SSSR count). The molecule has 100 valence electrons. The van der Waals surface area contributed by atoms with E-state index >= 15 is 0 Å². The SMILES string of the molecule is Cn1c(=O)[nH]c2ccc(-c3cccc(C(=O)O)c3)cc21. The molecule has 0 saturated heterocycles. The second-order valence-electron chi connectivity index (χ2n) is 4.61. The van der Waals surface area contributed by atoms with Crippen molar-refractivity contribution in [3.05, 3.63) is 58.5 Å². The van der Waals surface area contributed by atoms with Gasteiger partial charge in [0.1, 0.15) is 0 Å². The molecule has 5 heteroatoms. The van der Waals surface area contributed by atoms with Crippen LogP contribution in [0, 0.1) is 0 Å². The highest BCUT2D eigenvalue weighted by atomic mass is 16.4. The Morgan fingerprint density at radius 1 is 1.15 bits per heavy atom. The summed E-state index contributed by atoms with van der Waals surface area (Å²) in [6, 6.07) is 12.3. The summed E-state index contributed by atoms with van der Waals surface area (Å²) in [6.45, 7) is 0. The number of rotatable bonds is 2.